The lowest BCUT2D eigenvalue weighted by Gasteiger charge is -2.12. The molecule has 108 valence electrons. The van der Waals surface area contributed by atoms with Gasteiger partial charge in [0.05, 0.1) is 12.7 Å². The molecule has 0 saturated heterocycles. The lowest BCUT2D eigenvalue weighted by Crippen LogP contribution is -2.14. The van der Waals surface area contributed by atoms with E-state index in [1.807, 2.05) is 30.7 Å². The largest absolute Gasteiger partial charge is 0.478 e. The summed E-state index contributed by atoms with van der Waals surface area (Å²) in [5.41, 5.74) is 1.73. The molecular weight excluding hydrogens is 274 g/mol. The molecule has 0 amide bonds. The Hall–Kier alpha value is -1.66. The molecule has 1 unspecified atom stereocenters. The average Bonchev–Trinajstić information content (AvgIpc) is 2.96. The van der Waals surface area contributed by atoms with Gasteiger partial charge in [-0.1, -0.05) is 6.92 Å². The first-order chi connectivity index (χ1) is 9.69. The zero-order valence-corrected chi connectivity index (χ0v) is 12.5. The number of aliphatic hydroxyl groups excluding tert-OH is 1. The summed E-state index contributed by atoms with van der Waals surface area (Å²) in [5, 5.41) is 16.9. The zero-order valence-electron chi connectivity index (χ0n) is 11.7. The van der Waals surface area contributed by atoms with Gasteiger partial charge in [-0.15, -0.1) is 0 Å². The van der Waals surface area contributed by atoms with Crippen molar-refractivity contribution in [2.75, 3.05) is 18.5 Å². The van der Waals surface area contributed by atoms with Crippen molar-refractivity contribution in [2.45, 2.75) is 26.4 Å². The maximum absolute atomic E-state index is 10.0. The smallest absolute Gasteiger partial charge is 0.226 e. The van der Waals surface area contributed by atoms with E-state index in [-0.39, 0.29) is 0 Å². The average molecular weight is 293 g/mol. The van der Waals surface area contributed by atoms with Gasteiger partial charge in [0, 0.05) is 18.3 Å². The number of ether oxygens (including phenoxy) is 1. The standard InChI is InChI=1S/C14H19N3O2S/c1-3-5-19-13-7-10(2)16-14(17-13)15-8-12(18)11-4-6-20-9-11/h4,6-7,9,12,18H,3,5,8H2,1-2H3,(H,15,16,17). The molecule has 5 nitrogen and oxygen atoms in total. The Labute approximate surface area is 122 Å². The summed E-state index contributed by atoms with van der Waals surface area (Å²) in [5.74, 6) is 1.04. The molecule has 2 rings (SSSR count). The van der Waals surface area contributed by atoms with Gasteiger partial charge in [0.25, 0.3) is 0 Å². The number of aromatic nitrogens is 2. The Bertz CT molecular complexity index is 531. The number of hydrogen-bond acceptors (Lipinski definition) is 6. The van der Waals surface area contributed by atoms with Gasteiger partial charge in [-0.3, -0.25) is 0 Å². The van der Waals surface area contributed by atoms with Crippen LogP contribution in [0.1, 0.15) is 30.7 Å². The minimum absolute atomic E-state index is 0.368. The normalized spacial score (nSPS) is 12.2. The molecule has 0 saturated carbocycles. The van der Waals surface area contributed by atoms with Crippen LogP contribution in [-0.4, -0.2) is 28.2 Å². The first-order valence-corrected chi connectivity index (χ1v) is 7.56. The molecule has 0 aliphatic heterocycles. The third-order valence-corrected chi connectivity index (χ3v) is 3.37. The Kier molecular flexibility index (Phi) is 5.31. The highest BCUT2D eigenvalue weighted by Gasteiger charge is 2.09. The number of nitrogens with one attached hydrogen (secondary N) is 1. The fraction of sp³-hybridized carbons (Fsp3) is 0.429. The van der Waals surface area contributed by atoms with Crippen molar-refractivity contribution in [2.24, 2.45) is 0 Å². The van der Waals surface area contributed by atoms with E-state index < -0.39 is 6.10 Å². The highest BCUT2D eigenvalue weighted by atomic mass is 32.1. The van der Waals surface area contributed by atoms with Crippen LogP contribution in [0.3, 0.4) is 0 Å². The molecule has 1 atom stereocenters. The molecule has 2 aromatic heterocycles. The predicted octanol–water partition coefficient (Wildman–Crippen LogP) is 2.78. The molecule has 0 radical (unpaired) electrons. The second kappa shape index (κ2) is 7.21. The van der Waals surface area contributed by atoms with Crippen molar-refractivity contribution in [1.82, 2.24) is 9.97 Å². The first kappa shape index (κ1) is 14.7. The van der Waals surface area contributed by atoms with Crippen molar-refractivity contribution in [1.29, 1.82) is 0 Å². The van der Waals surface area contributed by atoms with Crippen molar-refractivity contribution < 1.29 is 9.84 Å². The van der Waals surface area contributed by atoms with Gasteiger partial charge in [-0.25, -0.2) is 4.98 Å². The van der Waals surface area contributed by atoms with Crippen LogP contribution in [0.25, 0.3) is 0 Å². The number of thiophene rings is 1. The number of nitrogens with zero attached hydrogens (tertiary/aromatic N) is 2. The van der Waals surface area contributed by atoms with E-state index in [0.717, 1.165) is 17.7 Å². The quantitative estimate of drug-likeness (QED) is 0.821. The maximum Gasteiger partial charge on any atom is 0.226 e. The van der Waals surface area contributed by atoms with Crippen molar-refractivity contribution in [3.8, 4) is 5.88 Å². The molecule has 0 bridgehead atoms. The van der Waals surface area contributed by atoms with Gasteiger partial charge >= 0.3 is 0 Å². The molecule has 2 aromatic rings. The Morgan fingerprint density at radius 2 is 2.30 bits per heavy atom. The zero-order chi connectivity index (χ0) is 14.4. The number of rotatable bonds is 7. The predicted molar refractivity (Wildman–Crippen MR) is 80.3 cm³/mol. The minimum atomic E-state index is -0.564. The maximum atomic E-state index is 10.0. The molecule has 2 N–H and O–H groups in total. The van der Waals surface area contributed by atoms with Crippen LogP contribution in [-0.2, 0) is 0 Å². The molecular formula is C14H19N3O2S. The van der Waals surface area contributed by atoms with Crippen molar-refractivity contribution in [3.05, 3.63) is 34.2 Å². The Balaban J connectivity index is 1.96. The number of hydrogen-bond donors (Lipinski definition) is 2. The SMILES string of the molecule is CCCOc1cc(C)nc(NCC(O)c2ccsc2)n1. The topological polar surface area (TPSA) is 67.3 Å². The van der Waals surface area contributed by atoms with Crippen molar-refractivity contribution in [3.63, 3.8) is 0 Å². The molecule has 0 fully saturated rings. The fourth-order valence-corrected chi connectivity index (χ4v) is 2.38. The van der Waals surface area contributed by atoms with Gasteiger partial charge in [0.2, 0.25) is 11.8 Å². The van der Waals surface area contributed by atoms with Gasteiger partial charge in [0.1, 0.15) is 0 Å². The van der Waals surface area contributed by atoms with Gasteiger partial charge in [0.15, 0.2) is 0 Å². The van der Waals surface area contributed by atoms with Crippen LogP contribution in [0.4, 0.5) is 5.95 Å². The third kappa shape index (κ3) is 4.18. The number of anilines is 1. The number of aliphatic hydroxyl groups is 1. The molecule has 0 spiro atoms. The highest BCUT2D eigenvalue weighted by Crippen LogP contribution is 2.17. The summed E-state index contributed by atoms with van der Waals surface area (Å²) in [7, 11) is 0. The monoisotopic (exact) mass is 293 g/mol. The summed E-state index contributed by atoms with van der Waals surface area (Å²) < 4.78 is 5.50. The first-order valence-electron chi connectivity index (χ1n) is 6.61. The van der Waals surface area contributed by atoms with Crippen molar-refractivity contribution >= 4 is 17.3 Å². The van der Waals surface area contributed by atoms with E-state index >= 15 is 0 Å². The minimum Gasteiger partial charge on any atom is -0.478 e. The van der Waals surface area contributed by atoms with Crippen LogP contribution in [0, 0.1) is 6.92 Å². The molecule has 0 aliphatic rings. The van der Waals surface area contributed by atoms with Crippen LogP contribution < -0.4 is 10.1 Å². The second-order valence-electron chi connectivity index (χ2n) is 4.47. The van der Waals surface area contributed by atoms with Crippen LogP contribution >= 0.6 is 11.3 Å². The van der Waals surface area contributed by atoms with E-state index in [4.69, 9.17) is 4.74 Å². The fourth-order valence-electron chi connectivity index (χ4n) is 1.67. The summed E-state index contributed by atoms with van der Waals surface area (Å²) >= 11 is 1.56. The van der Waals surface area contributed by atoms with E-state index in [2.05, 4.69) is 15.3 Å². The number of aryl methyl sites for hydroxylation is 1. The summed E-state index contributed by atoms with van der Waals surface area (Å²) in [6.07, 6.45) is 0.369. The van der Waals surface area contributed by atoms with Gasteiger partial charge in [-0.2, -0.15) is 16.3 Å². The second-order valence-corrected chi connectivity index (χ2v) is 5.25. The third-order valence-electron chi connectivity index (χ3n) is 2.67. The van der Waals surface area contributed by atoms with E-state index in [1.165, 1.54) is 0 Å². The van der Waals surface area contributed by atoms with E-state index in [0.29, 0.717) is 25.0 Å². The lowest BCUT2D eigenvalue weighted by molar-refractivity contribution is 0.192. The Morgan fingerprint density at radius 3 is 3.00 bits per heavy atom. The molecule has 20 heavy (non-hydrogen) atoms. The lowest BCUT2D eigenvalue weighted by atomic mass is 10.2. The highest BCUT2D eigenvalue weighted by molar-refractivity contribution is 7.07. The summed E-state index contributed by atoms with van der Waals surface area (Å²) in [4.78, 5) is 8.56. The van der Waals surface area contributed by atoms with Gasteiger partial charge in [-0.05, 0) is 35.7 Å². The summed E-state index contributed by atoms with van der Waals surface area (Å²) in [6, 6.07) is 3.71. The Morgan fingerprint density at radius 1 is 1.45 bits per heavy atom. The van der Waals surface area contributed by atoms with Crippen LogP contribution in [0.2, 0.25) is 0 Å². The molecule has 0 aliphatic carbocycles. The van der Waals surface area contributed by atoms with E-state index in [9.17, 15) is 5.11 Å². The van der Waals surface area contributed by atoms with Crippen LogP contribution in [0.5, 0.6) is 5.88 Å². The molecule has 6 heteroatoms. The van der Waals surface area contributed by atoms with Gasteiger partial charge < -0.3 is 15.2 Å². The van der Waals surface area contributed by atoms with E-state index in [1.54, 1.807) is 17.4 Å². The van der Waals surface area contributed by atoms with Crippen LogP contribution in [0.15, 0.2) is 22.9 Å². The molecule has 0 aromatic carbocycles. The molecule has 2 heterocycles. The summed E-state index contributed by atoms with van der Waals surface area (Å²) in [6.45, 7) is 4.94.